The van der Waals surface area contributed by atoms with Gasteiger partial charge in [-0.15, -0.1) is 0 Å². The summed E-state index contributed by atoms with van der Waals surface area (Å²) in [6.07, 6.45) is 0. The number of hydrogen-bond donors (Lipinski definition) is 4. The molecule has 0 aliphatic rings. The van der Waals surface area contributed by atoms with E-state index in [4.69, 9.17) is 19.3 Å². The van der Waals surface area contributed by atoms with Gasteiger partial charge in [-0.2, -0.15) is 8.42 Å². The number of benzene rings is 1. The molecule has 0 amide bonds. The van der Waals surface area contributed by atoms with Crippen LogP contribution in [0.2, 0.25) is 0 Å². The molecule has 0 spiro atoms. The topological polar surface area (TPSA) is 115 Å². The Balaban J connectivity index is 3.46. The molecule has 0 unspecified atom stereocenters. The Morgan fingerprint density at radius 3 is 2.21 bits per heavy atom. The molecule has 0 atom stereocenters. The van der Waals surface area contributed by atoms with Crippen LogP contribution in [-0.2, 0) is 10.1 Å². The van der Waals surface area contributed by atoms with Crippen LogP contribution in [0.25, 0.3) is 0 Å². The number of rotatable bonds is 2. The monoisotopic (exact) mass is 238 g/mol. The standard InChI is InChI=1S/C6H6O6S2/c7-4-1-3(14(10,11)12)2-5(13-9)6(4)8/h1-2,7-9H,(H,10,11,12). The minimum absolute atomic E-state index is 0.0543. The summed E-state index contributed by atoms with van der Waals surface area (Å²) < 4.78 is 38.5. The summed E-state index contributed by atoms with van der Waals surface area (Å²) >= 11 is 0.0543. The second-order valence-corrected chi connectivity index (χ2v) is 4.40. The summed E-state index contributed by atoms with van der Waals surface area (Å²) in [5.74, 6) is -1.39. The predicted molar refractivity (Wildman–Crippen MR) is 48.1 cm³/mol. The summed E-state index contributed by atoms with van der Waals surface area (Å²) in [6.45, 7) is 0. The highest BCUT2D eigenvalue weighted by Crippen LogP contribution is 2.36. The fraction of sp³-hybridized carbons (Fsp3) is 0. The average Bonchev–Trinajstić information content (AvgIpc) is 2.07. The summed E-state index contributed by atoms with van der Waals surface area (Å²) in [5.41, 5.74) is 0. The van der Waals surface area contributed by atoms with Crippen molar-refractivity contribution in [1.82, 2.24) is 0 Å². The molecule has 0 saturated heterocycles. The van der Waals surface area contributed by atoms with Gasteiger partial charge < -0.3 is 14.8 Å². The van der Waals surface area contributed by atoms with Crippen molar-refractivity contribution in [3.05, 3.63) is 12.1 Å². The predicted octanol–water partition coefficient (Wildman–Crippen LogP) is 0.910. The summed E-state index contributed by atoms with van der Waals surface area (Å²) in [4.78, 5) is -0.873. The Morgan fingerprint density at radius 1 is 1.21 bits per heavy atom. The second kappa shape index (κ2) is 3.65. The molecule has 78 valence electrons. The molecule has 1 aromatic rings. The SMILES string of the molecule is O=S(=O)(O)c1cc(O)c(O)c(SO)c1. The molecule has 8 heteroatoms. The molecule has 1 aromatic carbocycles. The van der Waals surface area contributed by atoms with E-state index >= 15 is 0 Å². The maximum atomic E-state index is 10.6. The average molecular weight is 238 g/mol. The van der Waals surface area contributed by atoms with E-state index in [9.17, 15) is 8.42 Å². The van der Waals surface area contributed by atoms with E-state index in [2.05, 4.69) is 0 Å². The van der Waals surface area contributed by atoms with Crippen molar-refractivity contribution < 1.29 is 27.7 Å². The van der Waals surface area contributed by atoms with Gasteiger partial charge in [0.2, 0.25) is 0 Å². The van der Waals surface area contributed by atoms with E-state index in [0.717, 1.165) is 6.07 Å². The largest absolute Gasteiger partial charge is 0.504 e. The second-order valence-electron chi connectivity index (χ2n) is 2.36. The van der Waals surface area contributed by atoms with Crippen molar-refractivity contribution in [2.45, 2.75) is 9.79 Å². The first-order valence-corrected chi connectivity index (χ1v) is 5.42. The van der Waals surface area contributed by atoms with Crippen LogP contribution in [-0.4, -0.2) is 27.7 Å². The van der Waals surface area contributed by atoms with Gasteiger partial charge in [0.15, 0.2) is 11.5 Å². The zero-order valence-corrected chi connectivity index (χ0v) is 8.21. The van der Waals surface area contributed by atoms with Crippen molar-refractivity contribution in [3.63, 3.8) is 0 Å². The van der Waals surface area contributed by atoms with Crippen molar-refractivity contribution in [2.24, 2.45) is 0 Å². The van der Waals surface area contributed by atoms with Crippen molar-refractivity contribution in [2.75, 3.05) is 0 Å². The zero-order valence-electron chi connectivity index (χ0n) is 6.58. The maximum Gasteiger partial charge on any atom is 0.294 e. The van der Waals surface area contributed by atoms with Crippen LogP contribution in [0.1, 0.15) is 0 Å². The van der Waals surface area contributed by atoms with Crippen LogP contribution in [0.3, 0.4) is 0 Å². The zero-order chi connectivity index (χ0) is 10.9. The third-order valence-electron chi connectivity index (χ3n) is 1.42. The Labute approximate surface area is 83.8 Å². The Kier molecular flexibility index (Phi) is 2.90. The van der Waals surface area contributed by atoms with Crippen molar-refractivity contribution in [3.8, 4) is 11.5 Å². The summed E-state index contributed by atoms with van der Waals surface area (Å²) in [7, 11) is -4.47. The van der Waals surface area contributed by atoms with Crippen LogP contribution < -0.4 is 0 Å². The molecule has 0 bridgehead atoms. The highest BCUT2D eigenvalue weighted by molar-refractivity contribution is 7.94. The number of phenols is 2. The summed E-state index contributed by atoms with van der Waals surface area (Å²) in [6, 6.07) is 1.50. The lowest BCUT2D eigenvalue weighted by molar-refractivity contribution is 0.391. The third-order valence-corrected chi connectivity index (χ3v) is 2.76. The Bertz CT molecular complexity index is 452. The van der Waals surface area contributed by atoms with Crippen LogP contribution >= 0.6 is 12.0 Å². The van der Waals surface area contributed by atoms with Gasteiger partial charge in [-0.05, 0) is 6.07 Å². The first-order chi connectivity index (χ1) is 6.36. The highest BCUT2D eigenvalue weighted by Gasteiger charge is 2.16. The lowest BCUT2D eigenvalue weighted by Gasteiger charge is -2.04. The quantitative estimate of drug-likeness (QED) is 0.344. The van der Waals surface area contributed by atoms with Gasteiger partial charge in [-0.1, -0.05) is 0 Å². The van der Waals surface area contributed by atoms with Crippen molar-refractivity contribution in [1.29, 1.82) is 0 Å². The molecule has 1 rings (SSSR count). The van der Waals surface area contributed by atoms with Crippen LogP contribution in [0.4, 0.5) is 0 Å². The molecular formula is C6H6O6S2. The molecule has 14 heavy (non-hydrogen) atoms. The fourth-order valence-electron chi connectivity index (χ4n) is 0.787. The fourth-order valence-corrected chi connectivity index (χ4v) is 1.76. The van der Waals surface area contributed by atoms with E-state index in [-0.39, 0.29) is 16.9 Å². The molecule has 0 fully saturated rings. The van der Waals surface area contributed by atoms with Crippen LogP contribution in [0.15, 0.2) is 21.9 Å². The molecule has 0 radical (unpaired) electrons. The van der Waals surface area contributed by atoms with Gasteiger partial charge in [0.1, 0.15) is 0 Å². The Hall–Kier alpha value is -0.960. The van der Waals surface area contributed by atoms with Crippen molar-refractivity contribution >= 4 is 22.2 Å². The number of aromatic hydroxyl groups is 2. The maximum absolute atomic E-state index is 10.6. The number of hydrogen-bond acceptors (Lipinski definition) is 6. The normalized spacial score (nSPS) is 11.6. The van der Waals surface area contributed by atoms with Gasteiger partial charge in [0.05, 0.1) is 9.79 Å². The minimum atomic E-state index is -4.47. The third kappa shape index (κ3) is 2.10. The van der Waals surface area contributed by atoms with Gasteiger partial charge in [0, 0.05) is 18.1 Å². The van der Waals surface area contributed by atoms with Crippen LogP contribution in [0.5, 0.6) is 11.5 Å². The van der Waals surface area contributed by atoms with E-state index in [1.807, 2.05) is 0 Å². The first-order valence-electron chi connectivity index (χ1n) is 3.21. The van der Waals surface area contributed by atoms with E-state index < -0.39 is 26.5 Å². The molecule has 4 N–H and O–H groups in total. The molecule has 0 aliphatic carbocycles. The summed E-state index contributed by atoms with van der Waals surface area (Å²) in [5, 5.41) is 18.1. The minimum Gasteiger partial charge on any atom is -0.504 e. The highest BCUT2D eigenvalue weighted by atomic mass is 32.2. The molecule has 0 aromatic heterocycles. The van der Waals surface area contributed by atoms with Gasteiger partial charge in [0.25, 0.3) is 10.1 Å². The molecule has 0 saturated carbocycles. The molecule has 0 aliphatic heterocycles. The Morgan fingerprint density at radius 2 is 1.79 bits per heavy atom. The van der Waals surface area contributed by atoms with Crippen LogP contribution in [0, 0.1) is 0 Å². The lowest BCUT2D eigenvalue weighted by Crippen LogP contribution is -1.98. The van der Waals surface area contributed by atoms with E-state index in [1.54, 1.807) is 0 Å². The van der Waals surface area contributed by atoms with Gasteiger partial charge in [-0.3, -0.25) is 4.55 Å². The smallest absolute Gasteiger partial charge is 0.294 e. The van der Waals surface area contributed by atoms with E-state index in [0.29, 0.717) is 6.07 Å². The lowest BCUT2D eigenvalue weighted by atomic mass is 10.3. The van der Waals surface area contributed by atoms with Gasteiger partial charge in [-0.25, -0.2) is 0 Å². The van der Waals surface area contributed by atoms with E-state index in [1.165, 1.54) is 0 Å². The molecular weight excluding hydrogens is 232 g/mol. The first kappa shape index (κ1) is 11.1. The molecule has 0 heterocycles. The van der Waals surface area contributed by atoms with Gasteiger partial charge >= 0.3 is 0 Å². The number of phenolic OH excluding ortho intramolecular Hbond substituents is 2. The molecule has 6 nitrogen and oxygen atoms in total.